The van der Waals surface area contributed by atoms with Gasteiger partial charge < -0.3 is 9.21 Å². The molecule has 2 atom stereocenters. The summed E-state index contributed by atoms with van der Waals surface area (Å²) in [7, 11) is 0.892. The number of hydrogen-bond acceptors (Lipinski definition) is 2. The van der Waals surface area contributed by atoms with E-state index in [-0.39, 0.29) is 0 Å². The largest absolute Gasteiger partial charge is 0.364 e. The molecule has 5 heteroatoms. The summed E-state index contributed by atoms with van der Waals surface area (Å²) in [4.78, 5) is 0. The summed E-state index contributed by atoms with van der Waals surface area (Å²) in [5.74, 6) is 0. The second-order valence-corrected chi connectivity index (χ2v) is 21.7. The van der Waals surface area contributed by atoms with E-state index in [1.807, 2.05) is 0 Å². The fraction of sp³-hybridized carbons (Fsp3) is 1.00. The van der Waals surface area contributed by atoms with E-state index in [2.05, 4.69) is 59.7 Å². The number of nitrogens with one attached hydrogen (secondary N) is 1. The predicted molar refractivity (Wildman–Crippen MR) is 78.5 cm³/mol. The molecule has 1 rings (SSSR count). The Bertz CT molecular complexity index is 233. The molecule has 0 spiro atoms. The number of hydrogen-bond donors (Lipinski definition) is 1. The molecule has 0 aromatic rings. The van der Waals surface area contributed by atoms with Crippen LogP contribution in [0.5, 0.6) is 0 Å². The van der Waals surface area contributed by atoms with Crippen LogP contribution in [0.2, 0.25) is 26.2 Å². The summed E-state index contributed by atoms with van der Waals surface area (Å²) in [6.07, 6.45) is 4.17. The molecule has 0 aromatic carbocycles. The average molecular weight is 272 g/mol. The van der Waals surface area contributed by atoms with Crippen LogP contribution < -0.4 is 4.65 Å². The molecule has 0 aromatic heterocycles. The van der Waals surface area contributed by atoms with E-state index in [9.17, 15) is 0 Å². The second-order valence-electron chi connectivity index (χ2n) is 6.35. The van der Waals surface area contributed by atoms with Gasteiger partial charge >= 0.3 is 0 Å². The molecule has 93 valence electrons. The molecule has 0 aliphatic carbocycles. The van der Waals surface area contributed by atoms with Crippen LogP contribution in [0.15, 0.2) is 0 Å². The zero-order chi connectivity index (χ0) is 12.6. The van der Waals surface area contributed by atoms with Gasteiger partial charge in [-0.05, 0) is 12.8 Å². The quantitative estimate of drug-likeness (QED) is 0.793. The monoisotopic (exact) mass is 271 g/mol. The fourth-order valence-corrected chi connectivity index (χ4v) is 13.3. The van der Waals surface area contributed by atoms with Gasteiger partial charge in [-0.15, -0.1) is 0 Å². The number of rotatable bonds is 3. The maximum Gasteiger partial charge on any atom is 0.132 e. The van der Waals surface area contributed by atoms with Gasteiger partial charge in [0.05, 0.1) is 0 Å². The highest BCUT2D eigenvalue weighted by atomic mass is 29.3. The molecule has 0 saturated carbocycles. The molecular formula is C11H27N2Si3. The molecular weight excluding hydrogens is 244 g/mol. The SMILES string of the molecule is CC1CCCC(C)N1[Si](C)(C)[Si](C)(C)N[Si]. The molecule has 16 heavy (non-hydrogen) atoms. The first-order valence-electron chi connectivity index (χ1n) is 6.46. The third-order valence-corrected chi connectivity index (χ3v) is 23.5. The normalized spacial score (nSPS) is 29.4. The van der Waals surface area contributed by atoms with Gasteiger partial charge in [-0.25, -0.2) is 0 Å². The molecule has 1 aliphatic heterocycles. The minimum absolute atomic E-state index is 0.775. The number of piperidine rings is 1. The Kier molecular flexibility index (Phi) is 4.62. The highest BCUT2D eigenvalue weighted by molar-refractivity contribution is 7.39. The van der Waals surface area contributed by atoms with E-state index < -0.39 is 15.5 Å². The molecule has 1 fully saturated rings. The van der Waals surface area contributed by atoms with E-state index in [0.717, 1.165) is 12.1 Å². The molecule has 2 unspecified atom stereocenters. The third kappa shape index (κ3) is 2.53. The van der Waals surface area contributed by atoms with Crippen molar-refractivity contribution in [1.82, 2.24) is 9.21 Å². The van der Waals surface area contributed by atoms with Crippen molar-refractivity contribution in [3.05, 3.63) is 0 Å². The van der Waals surface area contributed by atoms with Gasteiger partial charge in [0.2, 0.25) is 0 Å². The van der Waals surface area contributed by atoms with Gasteiger partial charge in [-0.2, -0.15) is 0 Å². The zero-order valence-corrected chi connectivity index (χ0v) is 14.7. The van der Waals surface area contributed by atoms with Crippen LogP contribution in [0.25, 0.3) is 0 Å². The minimum atomic E-state index is -1.35. The van der Waals surface area contributed by atoms with Crippen LogP contribution >= 0.6 is 0 Å². The Hall–Kier alpha value is 0.571. The summed E-state index contributed by atoms with van der Waals surface area (Å²) >= 11 is 0. The van der Waals surface area contributed by atoms with Gasteiger partial charge in [-0.1, -0.05) is 46.5 Å². The van der Waals surface area contributed by atoms with E-state index >= 15 is 0 Å². The van der Waals surface area contributed by atoms with Gasteiger partial charge in [0, 0.05) is 12.1 Å². The Morgan fingerprint density at radius 3 is 1.88 bits per heavy atom. The van der Waals surface area contributed by atoms with E-state index in [1.165, 1.54) is 19.3 Å². The molecule has 1 aliphatic rings. The molecule has 1 N–H and O–H groups in total. The summed E-state index contributed by atoms with van der Waals surface area (Å²) in [6.45, 7) is 14.8. The lowest BCUT2D eigenvalue weighted by atomic mass is 10.0. The molecule has 1 saturated heterocycles. The fourth-order valence-electron chi connectivity index (χ4n) is 3.00. The average Bonchev–Trinajstić information content (AvgIpc) is 2.16. The summed E-state index contributed by atoms with van der Waals surface area (Å²) in [5.41, 5.74) is 0. The van der Waals surface area contributed by atoms with Gasteiger partial charge in [0.25, 0.3) is 0 Å². The van der Waals surface area contributed by atoms with E-state index in [1.54, 1.807) is 0 Å². The number of nitrogens with zero attached hydrogens (tertiary/aromatic N) is 1. The van der Waals surface area contributed by atoms with Crippen LogP contribution in [0.4, 0.5) is 0 Å². The van der Waals surface area contributed by atoms with Crippen LogP contribution in [-0.2, 0) is 0 Å². The van der Waals surface area contributed by atoms with Crippen molar-refractivity contribution in [2.45, 2.75) is 71.4 Å². The molecule has 2 nitrogen and oxygen atoms in total. The summed E-state index contributed by atoms with van der Waals surface area (Å²) in [5, 5.41) is 0. The Labute approximate surface area is 107 Å². The molecule has 0 amide bonds. The summed E-state index contributed by atoms with van der Waals surface area (Å²) < 4.78 is 6.37. The van der Waals surface area contributed by atoms with Crippen LogP contribution in [0, 0.1) is 0 Å². The minimum Gasteiger partial charge on any atom is -0.364 e. The smallest absolute Gasteiger partial charge is 0.132 e. The Morgan fingerprint density at radius 1 is 1.06 bits per heavy atom. The Balaban J connectivity index is 2.96. The molecule has 3 radical (unpaired) electrons. The predicted octanol–water partition coefficient (Wildman–Crippen LogP) is 2.41. The topological polar surface area (TPSA) is 15.3 Å². The highest BCUT2D eigenvalue weighted by Crippen LogP contribution is 2.32. The van der Waals surface area contributed by atoms with Crippen LogP contribution in [-0.4, -0.2) is 42.6 Å². The molecule has 0 bridgehead atoms. The van der Waals surface area contributed by atoms with Crippen LogP contribution in [0.1, 0.15) is 33.1 Å². The van der Waals surface area contributed by atoms with Crippen molar-refractivity contribution in [3.63, 3.8) is 0 Å². The van der Waals surface area contributed by atoms with E-state index in [4.69, 9.17) is 0 Å². The second kappa shape index (κ2) is 5.06. The van der Waals surface area contributed by atoms with Gasteiger partial charge in [0.1, 0.15) is 25.9 Å². The maximum absolute atomic E-state index is 3.58. The van der Waals surface area contributed by atoms with Crippen LogP contribution in [0.3, 0.4) is 0 Å². The van der Waals surface area contributed by atoms with Crippen molar-refractivity contribution < 1.29 is 0 Å². The third-order valence-electron chi connectivity index (χ3n) is 4.68. The first-order chi connectivity index (χ1) is 7.24. The first kappa shape index (κ1) is 14.6. The van der Waals surface area contributed by atoms with Crippen molar-refractivity contribution in [2.24, 2.45) is 0 Å². The lowest BCUT2D eigenvalue weighted by Gasteiger charge is -2.53. The van der Waals surface area contributed by atoms with E-state index in [0.29, 0.717) is 0 Å². The van der Waals surface area contributed by atoms with Crippen molar-refractivity contribution in [3.8, 4) is 0 Å². The lowest BCUT2D eigenvalue weighted by molar-refractivity contribution is 0.198. The summed E-state index contributed by atoms with van der Waals surface area (Å²) in [6, 6.07) is 1.55. The standard InChI is InChI=1S/C11H27N2Si3/c1-10-8-7-9-11(2)13(10)16(5,6)15(3,4)12-14/h10-12H,7-9H2,1-6H3. The van der Waals surface area contributed by atoms with Crippen molar-refractivity contribution >= 4 is 25.9 Å². The zero-order valence-electron chi connectivity index (χ0n) is 11.7. The highest BCUT2D eigenvalue weighted by Gasteiger charge is 2.48. The lowest BCUT2D eigenvalue weighted by Crippen LogP contribution is -2.75. The van der Waals surface area contributed by atoms with Gasteiger partial charge in [0.15, 0.2) is 0 Å². The van der Waals surface area contributed by atoms with Crippen molar-refractivity contribution in [2.75, 3.05) is 0 Å². The first-order valence-corrected chi connectivity index (χ1v) is 13.9. The van der Waals surface area contributed by atoms with Crippen molar-refractivity contribution in [1.29, 1.82) is 0 Å². The maximum atomic E-state index is 3.58. The van der Waals surface area contributed by atoms with Gasteiger partial charge in [-0.3, -0.25) is 0 Å². The molecule has 1 heterocycles. The Morgan fingerprint density at radius 2 is 1.50 bits per heavy atom.